The van der Waals surface area contributed by atoms with Crippen molar-refractivity contribution in [2.45, 2.75) is 26.0 Å². The molecular formula is C14H18N2O3. The standard InChI is InChI=1S/C14H18N2O3/c1-11-9-16(8-7-13(17)15-11)14(18)19-10-12-5-3-2-4-6-12/h2-6,11H,7-10H2,1H3,(H,15,17). The molecule has 5 nitrogen and oxygen atoms in total. The summed E-state index contributed by atoms with van der Waals surface area (Å²) in [5.74, 6) is -0.0224. The first-order valence-electron chi connectivity index (χ1n) is 6.40. The van der Waals surface area contributed by atoms with Crippen molar-refractivity contribution in [1.29, 1.82) is 0 Å². The van der Waals surface area contributed by atoms with Crippen molar-refractivity contribution < 1.29 is 14.3 Å². The number of benzene rings is 1. The molecular weight excluding hydrogens is 244 g/mol. The third kappa shape index (κ3) is 3.98. The Kier molecular flexibility index (Phi) is 4.39. The Morgan fingerprint density at radius 1 is 1.42 bits per heavy atom. The lowest BCUT2D eigenvalue weighted by molar-refractivity contribution is -0.121. The minimum atomic E-state index is -0.368. The van der Waals surface area contributed by atoms with Gasteiger partial charge in [0.05, 0.1) is 0 Å². The summed E-state index contributed by atoms with van der Waals surface area (Å²) in [6.07, 6.45) is -0.0441. The summed E-state index contributed by atoms with van der Waals surface area (Å²) < 4.78 is 5.25. The smallest absolute Gasteiger partial charge is 0.410 e. The number of hydrogen-bond acceptors (Lipinski definition) is 3. The van der Waals surface area contributed by atoms with E-state index in [0.29, 0.717) is 19.5 Å². The lowest BCUT2D eigenvalue weighted by atomic mass is 10.2. The molecule has 0 aliphatic carbocycles. The van der Waals surface area contributed by atoms with Crippen molar-refractivity contribution in [3.63, 3.8) is 0 Å². The highest BCUT2D eigenvalue weighted by atomic mass is 16.6. The molecule has 1 atom stereocenters. The minimum absolute atomic E-state index is 0.0224. The van der Waals surface area contributed by atoms with Gasteiger partial charge in [-0.25, -0.2) is 4.79 Å². The molecule has 2 rings (SSSR count). The zero-order chi connectivity index (χ0) is 13.7. The molecule has 1 saturated heterocycles. The third-order valence-corrected chi connectivity index (χ3v) is 2.97. The van der Waals surface area contributed by atoms with Crippen LogP contribution in [0.15, 0.2) is 30.3 Å². The van der Waals surface area contributed by atoms with Gasteiger partial charge in [-0.15, -0.1) is 0 Å². The Bertz CT molecular complexity index is 447. The van der Waals surface area contributed by atoms with Gasteiger partial charge in [-0.05, 0) is 12.5 Å². The van der Waals surface area contributed by atoms with Gasteiger partial charge in [0.1, 0.15) is 6.61 Å². The molecule has 2 amide bonds. The Hall–Kier alpha value is -2.04. The predicted octanol–water partition coefficient (Wildman–Crippen LogP) is 1.53. The van der Waals surface area contributed by atoms with E-state index < -0.39 is 0 Å². The van der Waals surface area contributed by atoms with E-state index in [1.54, 1.807) is 4.90 Å². The van der Waals surface area contributed by atoms with Crippen molar-refractivity contribution in [3.8, 4) is 0 Å². The first-order valence-corrected chi connectivity index (χ1v) is 6.40. The molecule has 0 saturated carbocycles. The van der Waals surface area contributed by atoms with Crippen LogP contribution >= 0.6 is 0 Å². The van der Waals surface area contributed by atoms with Gasteiger partial charge in [0.25, 0.3) is 0 Å². The number of carbonyl (C=O) groups is 2. The van der Waals surface area contributed by atoms with Crippen LogP contribution in [0.4, 0.5) is 4.79 Å². The highest BCUT2D eigenvalue weighted by Gasteiger charge is 2.23. The molecule has 1 aliphatic rings. The second-order valence-electron chi connectivity index (χ2n) is 4.70. The van der Waals surface area contributed by atoms with Crippen molar-refractivity contribution in [2.75, 3.05) is 13.1 Å². The van der Waals surface area contributed by atoms with Gasteiger partial charge >= 0.3 is 6.09 Å². The lowest BCUT2D eigenvalue weighted by Crippen LogP contribution is -2.39. The van der Waals surface area contributed by atoms with E-state index in [0.717, 1.165) is 5.56 Å². The van der Waals surface area contributed by atoms with Gasteiger partial charge in [-0.1, -0.05) is 30.3 Å². The monoisotopic (exact) mass is 262 g/mol. The molecule has 1 fully saturated rings. The summed E-state index contributed by atoms with van der Waals surface area (Å²) in [5, 5.41) is 2.81. The summed E-state index contributed by atoms with van der Waals surface area (Å²) in [7, 11) is 0. The maximum absolute atomic E-state index is 11.9. The fourth-order valence-corrected chi connectivity index (χ4v) is 2.03. The Balaban J connectivity index is 1.87. The lowest BCUT2D eigenvalue weighted by Gasteiger charge is -2.21. The Labute approximate surface area is 112 Å². The van der Waals surface area contributed by atoms with E-state index in [-0.39, 0.29) is 24.6 Å². The number of nitrogens with one attached hydrogen (secondary N) is 1. The van der Waals surface area contributed by atoms with Crippen LogP contribution in [0, 0.1) is 0 Å². The molecule has 1 heterocycles. The topological polar surface area (TPSA) is 58.6 Å². The average molecular weight is 262 g/mol. The second kappa shape index (κ2) is 6.22. The summed E-state index contributed by atoms with van der Waals surface area (Å²) in [6.45, 7) is 3.02. The minimum Gasteiger partial charge on any atom is -0.445 e. The van der Waals surface area contributed by atoms with Crippen LogP contribution < -0.4 is 5.32 Å². The fraction of sp³-hybridized carbons (Fsp3) is 0.429. The fourth-order valence-electron chi connectivity index (χ4n) is 2.03. The summed E-state index contributed by atoms with van der Waals surface area (Å²) in [5.41, 5.74) is 0.952. The molecule has 0 radical (unpaired) electrons. The third-order valence-electron chi connectivity index (χ3n) is 2.97. The van der Waals surface area contributed by atoms with Crippen LogP contribution in [0.5, 0.6) is 0 Å². The molecule has 19 heavy (non-hydrogen) atoms. The number of nitrogens with zero attached hydrogens (tertiary/aromatic N) is 1. The van der Waals surface area contributed by atoms with E-state index >= 15 is 0 Å². The molecule has 1 unspecified atom stereocenters. The van der Waals surface area contributed by atoms with Gasteiger partial charge in [0, 0.05) is 25.6 Å². The van der Waals surface area contributed by atoms with Crippen molar-refractivity contribution in [1.82, 2.24) is 10.2 Å². The maximum atomic E-state index is 11.9. The number of carbonyl (C=O) groups excluding carboxylic acids is 2. The van der Waals surface area contributed by atoms with E-state index in [1.807, 2.05) is 37.3 Å². The average Bonchev–Trinajstić information content (AvgIpc) is 2.58. The van der Waals surface area contributed by atoms with E-state index in [9.17, 15) is 9.59 Å². The van der Waals surface area contributed by atoms with E-state index in [4.69, 9.17) is 4.74 Å². The van der Waals surface area contributed by atoms with Crippen LogP contribution in [0.3, 0.4) is 0 Å². The molecule has 0 aromatic heterocycles. The normalized spacial score (nSPS) is 19.5. The van der Waals surface area contributed by atoms with Crippen molar-refractivity contribution in [2.24, 2.45) is 0 Å². The highest BCUT2D eigenvalue weighted by molar-refractivity contribution is 5.78. The number of ether oxygens (including phenoxy) is 1. The van der Waals surface area contributed by atoms with Gasteiger partial charge in [-0.2, -0.15) is 0 Å². The van der Waals surface area contributed by atoms with Crippen LogP contribution in [0.2, 0.25) is 0 Å². The predicted molar refractivity (Wildman–Crippen MR) is 70.4 cm³/mol. The van der Waals surface area contributed by atoms with Crippen LogP contribution in [0.1, 0.15) is 18.9 Å². The van der Waals surface area contributed by atoms with E-state index in [1.165, 1.54) is 0 Å². The summed E-state index contributed by atoms with van der Waals surface area (Å²) in [6, 6.07) is 9.49. The summed E-state index contributed by atoms with van der Waals surface area (Å²) >= 11 is 0. The van der Waals surface area contributed by atoms with Gasteiger partial charge in [0.2, 0.25) is 5.91 Å². The zero-order valence-electron chi connectivity index (χ0n) is 11.0. The quantitative estimate of drug-likeness (QED) is 0.879. The van der Waals surface area contributed by atoms with Crippen LogP contribution in [-0.2, 0) is 16.1 Å². The first kappa shape index (κ1) is 13.4. The molecule has 1 aromatic rings. The number of rotatable bonds is 2. The molecule has 1 aromatic carbocycles. The maximum Gasteiger partial charge on any atom is 0.410 e. The second-order valence-corrected chi connectivity index (χ2v) is 4.70. The summed E-state index contributed by atoms with van der Waals surface area (Å²) in [4.78, 5) is 24.9. The number of hydrogen-bond donors (Lipinski definition) is 1. The molecule has 1 aliphatic heterocycles. The SMILES string of the molecule is CC1CN(C(=O)OCc2ccccc2)CCC(=O)N1. The molecule has 5 heteroatoms. The highest BCUT2D eigenvalue weighted by Crippen LogP contribution is 2.06. The molecule has 102 valence electrons. The van der Waals surface area contributed by atoms with E-state index in [2.05, 4.69) is 5.32 Å². The Morgan fingerprint density at radius 2 is 2.16 bits per heavy atom. The van der Waals surface area contributed by atoms with Gasteiger partial charge in [0.15, 0.2) is 0 Å². The molecule has 0 bridgehead atoms. The largest absolute Gasteiger partial charge is 0.445 e. The van der Waals surface area contributed by atoms with Crippen LogP contribution in [0.25, 0.3) is 0 Å². The van der Waals surface area contributed by atoms with Gasteiger partial charge in [-0.3, -0.25) is 4.79 Å². The molecule has 0 spiro atoms. The van der Waals surface area contributed by atoms with Crippen molar-refractivity contribution >= 4 is 12.0 Å². The zero-order valence-corrected chi connectivity index (χ0v) is 11.0. The van der Waals surface area contributed by atoms with Gasteiger partial charge < -0.3 is 15.0 Å². The van der Waals surface area contributed by atoms with Crippen molar-refractivity contribution in [3.05, 3.63) is 35.9 Å². The first-order chi connectivity index (χ1) is 9.15. The van der Waals surface area contributed by atoms with Crippen LogP contribution in [-0.4, -0.2) is 36.0 Å². The Morgan fingerprint density at radius 3 is 2.89 bits per heavy atom. The molecule has 1 N–H and O–H groups in total. The number of amides is 2.